The van der Waals surface area contributed by atoms with Crippen molar-refractivity contribution in [3.05, 3.63) is 259 Å². The highest BCUT2D eigenvalue weighted by atomic mass is 16.3. The Kier molecular flexibility index (Phi) is 7.64. The van der Waals surface area contributed by atoms with Gasteiger partial charge in [-0.05, 0) is 143 Å². The third kappa shape index (κ3) is 5.17. The van der Waals surface area contributed by atoms with Gasteiger partial charge in [-0.1, -0.05) is 176 Å². The molecule has 0 saturated heterocycles. The van der Waals surface area contributed by atoms with Crippen molar-refractivity contribution in [2.45, 2.75) is 5.41 Å². The Morgan fingerprint density at radius 2 is 0.815 bits per heavy atom. The molecule has 11 aromatic carbocycles. The van der Waals surface area contributed by atoms with Gasteiger partial charge in [0, 0.05) is 33.9 Å². The molecule has 0 aliphatic heterocycles. The Hall–Kier alpha value is -8.46. The molecule has 65 heavy (non-hydrogen) atoms. The third-order valence-electron chi connectivity index (χ3n) is 14.3. The fraction of sp³-hybridized carbons (Fsp3) is 0.0159. The van der Waals surface area contributed by atoms with Crippen LogP contribution in [0.4, 0.5) is 17.1 Å². The van der Waals surface area contributed by atoms with Gasteiger partial charge < -0.3 is 9.32 Å². The molecule has 1 aromatic heterocycles. The van der Waals surface area contributed by atoms with E-state index in [4.69, 9.17) is 4.42 Å². The number of furan rings is 1. The standard InChI is InChI=1S/C63H39NO/c1-2-14-40(15-3-1)42-28-33-52-50-20-8-11-23-57(50)63(59(52)37-42)58-24-12-9-21-51(58)53-34-31-45(38-60(53)63)64(46-32-35-55-54-22-10-13-25-61(54)65-62(55)39-46)44-29-26-41(27-30-44)56-36-43-16-4-5-17-47(43)48-18-6-7-19-49(48)56/h1-39H. The SMILES string of the molecule is c1ccc(-c2ccc3c(c2)C2(c4ccccc4-3)c3ccccc3-c3ccc(N(c4ccc(-c5cc6ccccc6c6ccccc56)cc4)c4ccc5c(c4)oc4ccccc45)cc32)cc1. The number of hydrogen-bond donors (Lipinski definition) is 0. The Balaban J connectivity index is 0.996. The molecule has 302 valence electrons. The summed E-state index contributed by atoms with van der Waals surface area (Å²) in [6.07, 6.45) is 0. The van der Waals surface area contributed by atoms with E-state index in [9.17, 15) is 0 Å². The first-order valence-corrected chi connectivity index (χ1v) is 22.5. The highest BCUT2D eigenvalue weighted by Gasteiger charge is 2.52. The molecule has 1 atom stereocenters. The van der Waals surface area contributed by atoms with E-state index in [0.29, 0.717) is 0 Å². The molecule has 0 radical (unpaired) electrons. The van der Waals surface area contributed by atoms with Gasteiger partial charge in [-0.15, -0.1) is 0 Å². The van der Waals surface area contributed by atoms with Crippen LogP contribution < -0.4 is 4.90 Å². The van der Waals surface area contributed by atoms with Crippen LogP contribution in [0.1, 0.15) is 22.3 Å². The molecule has 0 N–H and O–H groups in total. The largest absolute Gasteiger partial charge is 0.456 e. The van der Waals surface area contributed by atoms with Crippen molar-refractivity contribution in [1.82, 2.24) is 0 Å². The van der Waals surface area contributed by atoms with Crippen LogP contribution in [-0.2, 0) is 5.41 Å². The quantitative estimate of drug-likeness (QED) is 0.161. The average Bonchev–Trinajstić information content (AvgIpc) is 4.00. The van der Waals surface area contributed by atoms with Gasteiger partial charge in [-0.2, -0.15) is 0 Å². The van der Waals surface area contributed by atoms with Crippen LogP contribution in [0, 0.1) is 0 Å². The summed E-state index contributed by atoms with van der Waals surface area (Å²) < 4.78 is 6.56. The minimum Gasteiger partial charge on any atom is -0.456 e. The van der Waals surface area contributed by atoms with Crippen molar-refractivity contribution < 1.29 is 4.42 Å². The molecule has 2 heteroatoms. The highest BCUT2D eigenvalue weighted by molar-refractivity contribution is 6.14. The molecule has 2 nitrogen and oxygen atoms in total. The molecule has 2 aliphatic rings. The maximum Gasteiger partial charge on any atom is 0.137 e. The lowest BCUT2D eigenvalue weighted by Crippen LogP contribution is -2.26. The molecule has 14 rings (SSSR count). The van der Waals surface area contributed by atoms with E-state index in [1.165, 1.54) is 88.3 Å². The first-order chi connectivity index (χ1) is 32.2. The second kappa shape index (κ2) is 13.8. The van der Waals surface area contributed by atoms with Crippen LogP contribution in [0.25, 0.3) is 88.0 Å². The van der Waals surface area contributed by atoms with Crippen molar-refractivity contribution in [1.29, 1.82) is 0 Å². The van der Waals surface area contributed by atoms with E-state index in [1.807, 2.05) is 6.07 Å². The summed E-state index contributed by atoms with van der Waals surface area (Å²) in [7, 11) is 0. The van der Waals surface area contributed by atoms with Gasteiger partial charge >= 0.3 is 0 Å². The summed E-state index contributed by atoms with van der Waals surface area (Å²) in [6.45, 7) is 0. The minimum atomic E-state index is -0.520. The van der Waals surface area contributed by atoms with E-state index in [-0.39, 0.29) is 0 Å². The molecule has 2 aliphatic carbocycles. The van der Waals surface area contributed by atoms with E-state index in [1.54, 1.807) is 0 Å². The number of para-hydroxylation sites is 1. The van der Waals surface area contributed by atoms with Crippen LogP contribution in [0.15, 0.2) is 241 Å². The molecule has 0 amide bonds. The Bertz CT molecular complexity index is 3880. The molecule has 0 saturated carbocycles. The molecule has 1 spiro atoms. The van der Waals surface area contributed by atoms with E-state index >= 15 is 0 Å². The molecule has 12 aromatic rings. The molecular weight excluding hydrogens is 787 g/mol. The van der Waals surface area contributed by atoms with Crippen molar-refractivity contribution >= 4 is 60.5 Å². The van der Waals surface area contributed by atoms with E-state index < -0.39 is 5.41 Å². The number of fused-ring (bicyclic) bond motifs is 16. The van der Waals surface area contributed by atoms with Crippen LogP contribution >= 0.6 is 0 Å². The van der Waals surface area contributed by atoms with Gasteiger partial charge in [0.05, 0.1) is 5.41 Å². The summed E-state index contributed by atoms with van der Waals surface area (Å²) in [4.78, 5) is 2.41. The maximum atomic E-state index is 6.56. The fourth-order valence-electron chi connectivity index (χ4n) is 11.5. The van der Waals surface area contributed by atoms with Gasteiger partial charge in [0.1, 0.15) is 11.2 Å². The first kappa shape index (κ1) is 36.1. The van der Waals surface area contributed by atoms with Crippen LogP contribution in [-0.4, -0.2) is 0 Å². The second-order valence-corrected chi connectivity index (χ2v) is 17.5. The summed E-state index contributed by atoms with van der Waals surface area (Å²) in [5.41, 5.74) is 19.7. The van der Waals surface area contributed by atoms with Crippen molar-refractivity contribution in [3.63, 3.8) is 0 Å². The zero-order valence-corrected chi connectivity index (χ0v) is 35.4. The Labute approximate surface area is 376 Å². The number of nitrogens with zero attached hydrogens (tertiary/aromatic N) is 1. The van der Waals surface area contributed by atoms with Crippen molar-refractivity contribution in [2.24, 2.45) is 0 Å². The first-order valence-electron chi connectivity index (χ1n) is 22.5. The highest BCUT2D eigenvalue weighted by Crippen LogP contribution is 2.64. The van der Waals surface area contributed by atoms with E-state index in [0.717, 1.165) is 39.0 Å². The van der Waals surface area contributed by atoms with Gasteiger partial charge in [0.25, 0.3) is 0 Å². The summed E-state index contributed by atoms with van der Waals surface area (Å²) >= 11 is 0. The molecule has 1 heterocycles. The predicted molar refractivity (Wildman–Crippen MR) is 271 cm³/mol. The maximum absolute atomic E-state index is 6.56. The summed E-state index contributed by atoms with van der Waals surface area (Å²) in [5.74, 6) is 0. The van der Waals surface area contributed by atoms with Gasteiger partial charge in [-0.25, -0.2) is 0 Å². The number of anilines is 3. The monoisotopic (exact) mass is 825 g/mol. The lowest BCUT2D eigenvalue weighted by molar-refractivity contribution is 0.669. The molecule has 1 unspecified atom stereocenters. The van der Waals surface area contributed by atoms with Gasteiger partial charge in [0.15, 0.2) is 0 Å². The zero-order valence-electron chi connectivity index (χ0n) is 35.4. The van der Waals surface area contributed by atoms with Crippen LogP contribution in [0.2, 0.25) is 0 Å². The van der Waals surface area contributed by atoms with Gasteiger partial charge in [-0.3, -0.25) is 0 Å². The number of hydrogen-bond acceptors (Lipinski definition) is 2. The predicted octanol–water partition coefficient (Wildman–Crippen LogP) is 17.0. The lowest BCUT2D eigenvalue weighted by Gasteiger charge is -2.32. The third-order valence-corrected chi connectivity index (χ3v) is 14.3. The summed E-state index contributed by atoms with van der Waals surface area (Å²) in [6, 6.07) is 87.2. The smallest absolute Gasteiger partial charge is 0.137 e. The normalized spacial score (nSPS) is 14.5. The number of benzene rings is 11. The Morgan fingerprint density at radius 3 is 1.60 bits per heavy atom. The van der Waals surface area contributed by atoms with Crippen LogP contribution in [0.5, 0.6) is 0 Å². The minimum absolute atomic E-state index is 0.520. The number of rotatable bonds is 5. The molecule has 0 bridgehead atoms. The molecule has 0 fully saturated rings. The van der Waals surface area contributed by atoms with E-state index in [2.05, 4.69) is 235 Å². The van der Waals surface area contributed by atoms with Crippen LogP contribution in [0.3, 0.4) is 0 Å². The average molecular weight is 826 g/mol. The zero-order chi connectivity index (χ0) is 42.6. The van der Waals surface area contributed by atoms with Gasteiger partial charge in [0.2, 0.25) is 0 Å². The lowest BCUT2D eigenvalue weighted by atomic mass is 9.70. The van der Waals surface area contributed by atoms with Crippen molar-refractivity contribution in [3.8, 4) is 44.5 Å². The summed E-state index contributed by atoms with van der Waals surface area (Å²) in [5, 5.41) is 7.27. The topological polar surface area (TPSA) is 16.4 Å². The van der Waals surface area contributed by atoms with Crippen molar-refractivity contribution in [2.75, 3.05) is 4.90 Å². The Morgan fingerprint density at radius 1 is 0.277 bits per heavy atom. The second-order valence-electron chi connectivity index (χ2n) is 17.5. The molecular formula is C63H39NO. The fourth-order valence-corrected chi connectivity index (χ4v) is 11.5.